The van der Waals surface area contributed by atoms with Gasteiger partial charge >= 0.3 is 5.97 Å². The Morgan fingerprint density at radius 1 is 1.43 bits per heavy atom. The largest absolute Gasteiger partial charge is 0.481 e. The van der Waals surface area contributed by atoms with Gasteiger partial charge in [-0.1, -0.05) is 6.07 Å². The van der Waals surface area contributed by atoms with Crippen molar-refractivity contribution >= 4 is 27.3 Å². The predicted molar refractivity (Wildman–Crippen MR) is 73.9 cm³/mol. The first-order valence-electron chi connectivity index (χ1n) is 5.59. The van der Waals surface area contributed by atoms with Crippen LogP contribution in [0.5, 0.6) is 5.88 Å². The number of nitrogens with one attached hydrogen (secondary N) is 1. The van der Waals surface area contributed by atoms with Crippen LogP contribution in [0.1, 0.15) is 16.1 Å². The molecular weight excluding hydrogens is 318 g/mol. The van der Waals surface area contributed by atoms with E-state index in [4.69, 9.17) is 9.84 Å². The van der Waals surface area contributed by atoms with Gasteiger partial charge in [0, 0.05) is 18.8 Å². The number of nitrogens with zero attached hydrogens (tertiary/aromatic N) is 2. The number of ether oxygens (including phenoxy) is 1. The monoisotopic (exact) mass is 329 g/mol. The van der Waals surface area contributed by atoms with E-state index in [1.165, 1.54) is 18.8 Å². The van der Waals surface area contributed by atoms with Crippen LogP contribution in [0, 0.1) is 0 Å². The highest BCUT2D eigenvalue weighted by molar-refractivity contribution is 7.91. The Morgan fingerprint density at radius 2 is 2.19 bits per heavy atom. The summed E-state index contributed by atoms with van der Waals surface area (Å²) in [6.07, 6.45) is 1.46. The summed E-state index contributed by atoms with van der Waals surface area (Å²) in [5, 5.41) is 8.89. The molecule has 0 aliphatic carbocycles. The molecule has 8 nitrogen and oxygen atoms in total. The smallest absolute Gasteiger partial charge is 0.356 e. The van der Waals surface area contributed by atoms with E-state index in [2.05, 4.69) is 14.7 Å². The Labute approximate surface area is 124 Å². The van der Waals surface area contributed by atoms with Crippen LogP contribution in [0.2, 0.25) is 0 Å². The molecule has 0 radical (unpaired) electrons. The van der Waals surface area contributed by atoms with Gasteiger partial charge in [0.2, 0.25) is 5.88 Å². The van der Waals surface area contributed by atoms with Gasteiger partial charge in [-0.15, -0.1) is 11.3 Å². The molecule has 0 saturated carbocycles. The summed E-state index contributed by atoms with van der Waals surface area (Å²) in [7, 11) is -2.47. The molecule has 0 bridgehead atoms. The van der Waals surface area contributed by atoms with Gasteiger partial charge in [0.15, 0.2) is 9.90 Å². The van der Waals surface area contributed by atoms with Crippen molar-refractivity contribution in [2.24, 2.45) is 0 Å². The molecule has 21 heavy (non-hydrogen) atoms. The van der Waals surface area contributed by atoms with Crippen LogP contribution < -0.4 is 9.46 Å². The van der Waals surface area contributed by atoms with Crippen LogP contribution in [0.25, 0.3) is 0 Å². The lowest BCUT2D eigenvalue weighted by atomic mass is 10.3. The van der Waals surface area contributed by atoms with Crippen molar-refractivity contribution in [2.45, 2.75) is 10.8 Å². The van der Waals surface area contributed by atoms with E-state index in [1.807, 2.05) is 0 Å². The highest BCUT2D eigenvalue weighted by Gasteiger charge is 2.25. The average Bonchev–Trinajstić information content (AvgIpc) is 2.96. The van der Waals surface area contributed by atoms with E-state index in [0.717, 1.165) is 11.3 Å². The standard InChI is InChI=1S/C11H11N3O5S2/c1-19-8-3-2-7(4-12-8)5-14-21(17,18)11-9(10(15)16)13-6-20-11/h2-4,6,14H,5H2,1H3,(H,15,16). The summed E-state index contributed by atoms with van der Waals surface area (Å²) in [6, 6.07) is 3.25. The van der Waals surface area contributed by atoms with Gasteiger partial charge in [0.25, 0.3) is 10.0 Å². The number of thiazole rings is 1. The quantitative estimate of drug-likeness (QED) is 0.801. The van der Waals surface area contributed by atoms with Crippen LogP contribution >= 0.6 is 11.3 Å². The number of pyridine rings is 1. The highest BCUT2D eigenvalue weighted by Crippen LogP contribution is 2.20. The molecule has 0 spiro atoms. The molecule has 10 heteroatoms. The third kappa shape index (κ3) is 3.54. The highest BCUT2D eigenvalue weighted by atomic mass is 32.2. The minimum atomic E-state index is -3.94. The Hall–Kier alpha value is -2.04. The van der Waals surface area contributed by atoms with Gasteiger partial charge in [-0.05, 0) is 5.56 Å². The van der Waals surface area contributed by atoms with Crippen molar-refractivity contribution in [3.63, 3.8) is 0 Å². The van der Waals surface area contributed by atoms with Gasteiger partial charge in [-0.25, -0.2) is 27.9 Å². The number of aromatic nitrogens is 2. The van der Waals surface area contributed by atoms with Gasteiger partial charge < -0.3 is 9.84 Å². The Balaban J connectivity index is 2.14. The second kappa shape index (κ2) is 6.16. The maximum Gasteiger partial charge on any atom is 0.356 e. The minimum absolute atomic E-state index is 0.0176. The lowest BCUT2D eigenvalue weighted by Gasteiger charge is -2.06. The topological polar surface area (TPSA) is 118 Å². The van der Waals surface area contributed by atoms with Crippen molar-refractivity contribution in [1.29, 1.82) is 0 Å². The molecule has 2 aromatic heterocycles. The molecule has 0 unspecified atom stereocenters. The summed E-state index contributed by atoms with van der Waals surface area (Å²) >= 11 is 0.748. The SMILES string of the molecule is COc1ccc(CNS(=O)(=O)c2scnc2C(=O)O)cn1. The zero-order valence-corrected chi connectivity index (χ0v) is 12.4. The molecule has 0 saturated heterocycles. The molecule has 0 amide bonds. The summed E-state index contributed by atoms with van der Waals surface area (Å²) < 4.78 is 31.0. The second-order valence-electron chi connectivity index (χ2n) is 3.83. The van der Waals surface area contributed by atoms with Gasteiger partial charge in [0.1, 0.15) is 0 Å². The first kappa shape index (κ1) is 15.4. The number of sulfonamides is 1. The van der Waals surface area contributed by atoms with Crippen molar-refractivity contribution < 1.29 is 23.1 Å². The maximum atomic E-state index is 12.1. The van der Waals surface area contributed by atoms with Crippen molar-refractivity contribution in [1.82, 2.24) is 14.7 Å². The molecule has 0 fully saturated rings. The Morgan fingerprint density at radius 3 is 2.76 bits per heavy atom. The van der Waals surface area contributed by atoms with E-state index in [-0.39, 0.29) is 10.8 Å². The lowest BCUT2D eigenvalue weighted by Crippen LogP contribution is -2.24. The number of carbonyl (C=O) groups is 1. The van der Waals surface area contributed by atoms with Gasteiger partial charge in [0.05, 0.1) is 12.6 Å². The van der Waals surface area contributed by atoms with E-state index in [1.54, 1.807) is 12.1 Å². The fourth-order valence-corrected chi connectivity index (χ4v) is 3.65. The van der Waals surface area contributed by atoms with Crippen LogP contribution in [0.15, 0.2) is 28.0 Å². The minimum Gasteiger partial charge on any atom is -0.481 e. The third-order valence-electron chi connectivity index (χ3n) is 2.45. The molecule has 2 aromatic rings. The average molecular weight is 329 g/mol. The number of methoxy groups -OCH3 is 1. The Kier molecular flexibility index (Phi) is 4.50. The lowest BCUT2D eigenvalue weighted by molar-refractivity contribution is 0.0687. The summed E-state index contributed by atoms with van der Waals surface area (Å²) in [6.45, 7) is -0.0176. The van der Waals surface area contributed by atoms with Crippen LogP contribution in [-0.2, 0) is 16.6 Å². The van der Waals surface area contributed by atoms with Crippen molar-refractivity contribution in [3.8, 4) is 5.88 Å². The number of hydrogen-bond acceptors (Lipinski definition) is 7. The molecule has 112 valence electrons. The van der Waals surface area contributed by atoms with Gasteiger partial charge in [-0.2, -0.15) is 0 Å². The van der Waals surface area contributed by atoms with Crippen LogP contribution in [0.3, 0.4) is 0 Å². The molecule has 0 atom stereocenters. The van der Waals surface area contributed by atoms with E-state index >= 15 is 0 Å². The van der Waals surface area contributed by atoms with Gasteiger partial charge in [-0.3, -0.25) is 0 Å². The number of carboxylic acid groups (broad SMARTS) is 1. The van der Waals surface area contributed by atoms with Crippen LogP contribution in [-0.4, -0.2) is 36.6 Å². The molecule has 0 aromatic carbocycles. The first-order chi connectivity index (χ1) is 9.94. The molecule has 2 N–H and O–H groups in total. The summed E-state index contributed by atoms with van der Waals surface area (Å²) in [5.41, 5.74) is 1.30. The van der Waals surface area contributed by atoms with E-state index < -0.39 is 21.7 Å². The fourth-order valence-electron chi connectivity index (χ4n) is 1.45. The number of hydrogen-bond donors (Lipinski definition) is 2. The predicted octanol–water partition coefficient (Wildman–Crippen LogP) is 0.723. The van der Waals surface area contributed by atoms with E-state index in [0.29, 0.717) is 11.4 Å². The maximum absolute atomic E-state index is 12.1. The Bertz CT molecular complexity index is 739. The molecule has 0 aliphatic rings. The number of rotatable bonds is 6. The normalized spacial score (nSPS) is 11.3. The number of carboxylic acids is 1. The number of aromatic carboxylic acids is 1. The first-order valence-corrected chi connectivity index (χ1v) is 7.95. The zero-order valence-electron chi connectivity index (χ0n) is 10.8. The zero-order chi connectivity index (χ0) is 15.5. The van der Waals surface area contributed by atoms with Crippen molar-refractivity contribution in [2.75, 3.05) is 7.11 Å². The summed E-state index contributed by atoms with van der Waals surface area (Å²) in [5.74, 6) is -0.972. The van der Waals surface area contributed by atoms with Crippen LogP contribution in [0.4, 0.5) is 0 Å². The van der Waals surface area contributed by atoms with Crippen molar-refractivity contribution in [3.05, 3.63) is 35.1 Å². The second-order valence-corrected chi connectivity index (χ2v) is 6.64. The fraction of sp³-hybridized carbons (Fsp3) is 0.182. The molecule has 0 aliphatic heterocycles. The molecule has 2 rings (SSSR count). The molecular formula is C11H11N3O5S2. The third-order valence-corrected chi connectivity index (χ3v) is 5.23. The summed E-state index contributed by atoms with van der Waals surface area (Å²) in [4.78, 5) is 18.4. The molecule has 2 heterocycles. The van der Waals surface area contributed by atoms with E-state index in [9.17, 15) is 13.2 Å².